The summed E-state index contributed by atoms with van der Waals surface area (Å²) in [7, 11) is 0. The number of hydrogen-bond acceptors (Lipinski definition) is 0. The van der Waals surface area contributed by atoms with Crippen LogP contribution in [0.4, 0.5) is 0 Å². The molecule has 0 amide bonds. The van der Waals surface area contributed by atoms with Crippen molar-refractivity contribution in [1.82, 2.24) is 0 Å². The molecule has 0 unspecified atom stereocenters. The Hall–Kier alpha value is 1.37. The first-order valence-corrected chi connectivity index (χ1v) is 6.48. The molecule has 0 saturated carbocycles. The molecule has 0 aliphatic rings. The molecule has 0 N–H and O–H groups in total. The molecule has 0 radical (unpaired) electrons. The molecule has 3 heteroatoms. The monoisotopic (exact) mass is 256 g/mol. The van der Waals surface area contributed by atoms with Crippen LogP contribution in [0.3, 0.4) is 0 Å². The molecule has 0 aliphatic heterocycles. The molecule has 0 nitrogen and oxygen atoms in total. The van der Waals surface area contributed by atoms with E-state index in [9.17, 15) is 0 Å². The van der Waals surface area contributed by atoms with E-state index in [1.807, 2.05) is 0 Å². The van der Waals surface area contributed by atoms with Gasteiger partial charge in [-0.15, -0.1) is 0 Å². The summed E-state index contributed by atoms with van der Waals surface area (Å²) in [6, 6.07) is 0. The Labute approximate surface area is 64.6 Å². The zero-order valence-electron chi connectivity index (χ0n) is 3.99. The first kappa shape index (κ1) is 8.37. The molecule has 0 rings (SSSR count). The zero-order chi connectivity index (χ0) is 5.54. The van der Waals surface area contributed by atoms with Gasteiger partial charge in [-0.05, 0) is 0 Å². The molecule has 0 bridgehead atoms. The van der Waals surface area contributed by atoms with Crippen LogP contribution in [0.15, 0.2) is 0 Å². The van der Waals surface area contributed by atoms with E-state index in [1.165, 1.54) is 8.94 Å². The van der Waals surface area contributed by atoms with Crippen molar-refractivity contribution in [3.05, 3.63) is 0 Å². The minimum atomic E-state index is 0.213. The molecule has 44 valence electrons. The fourth-order valence-corrected chi connectivity index (χ4v) is 2.88. The molecule has 7 heavy (non-hydrogen) atoms. The van der Waals surface area contributed by atoms with Gasteiger partial charge in [-0.3, -0.25) is 0 Å². The molecule has 0 aromatic carbocycles. The SMILES string of the molecule is ClCC[Te]CCCl. The van der Waals surface area contributed by atoms with Crippen LogP contribution in [0.5, 0.6) is 0 Å². The number of rotatable bonds is 4. The van der Waals surface area contributed by atoms with Crippen molar-refractivity contribution in [3.8, 4) is 0 Å². The molecule has 0 heterocycles. The zero-order valence-corrected chi connectivity index (χ0v) is 7.83. The van der Waals surface area contributed by atoms with E-state index in [-0.39, 0.29) is 20.9 Å². The van der Waals surface area contributed by atoms with Gasteiger partial charge in [0.2, 0.25) is 0 Å². The quantitative estimate of drug-likeness (QED) is 0.409. The maximum absolute atomic E-state index is 5.43. The first-order chi connectivity index (χ1) is 3.41. The molecule has 0 fully saturated rings. The van der Waals surface area contributed by atoms with Crippen molar-refractivity contribution in [1.29, 1.82) is 0 Å². The third-order valence-electron chi connectivity index (χ3n) is 0.443. The van der Waals surface area contributed by atoms with Crippen molar-refractivity contribution < 1.29 is 0 Å². The number of halogens is 2. The van der Waals surface area contributed by atoms with E-state index >= 15 is 0 Å². The molecule has 0 aromatic heterocycles. The van der Waals surface area contributed by atoms with Crippen LogP contribution < -0.4 is 0 Å². The topological polar surface area (TPSA) is 0 Å². The summed E-state index contributed by atoms with van der Waals surface area (Å²) in [5, 5.41) is 0. The van der Waals surface area contributed by atoms with E-state index < -0.39 is 0 Å². The van der Waals surface area contributed by atoms with Gasteiger partial charge in [-0.1, -0.05) is 0 Å². The third kappa shape index (κ3) is 7.37. The van der Waals surface area contributed by atoms with Crippen molar-refractivity contribution in [2.24, 2.45) is 0 Å². The second kappa shape index (κ2) is 7.37. The van der Waals surface area contributed by atoms with E-state index in [2.05, 4.69) is 0 Å². The Kier molecular flexibility index (Phi) is 8.81. The molecule has 0 spiro atoms. The van der Waals surface area contributed by atoms with E-state index in [1.54, 1.807) is 0 Å². The summed E-state index contributed by atoms with van der Waals surface area (Å²) in [6.45, 7) is 0. The van der Waals surface area contributed by atoms with Gasteiger partial charge in [0.25, 0.3) is 0 Å². The molecular weight excluding hydrogens is 247 g/mol. The average molecular weight is 255 g/mol. The van der Waals surface area contributed by atoms with Crippen molar-refractivity contribution in [2.75, 3.05) is 11.8 Å². The van der Waals surface area contributed by atoms with E-state index in [0.717, 1.165) is 11.8 Å². The average Bonchev–Trinajstić information content (AvgIpc) is 1.69. The Balaban J connectivity index is 2.45. The predicted molar refractivity (Wildman–Crippen MR) is 36.8 cm³/mol. The summed E-state index contributed by atoms with van der Waals surface area (Å²) in [5.74, 6) is 1.66. The van der Waals surface area contributed by atoms with Crippen LogP contribution in [0, 0.1) is 0 Å². The second-order valence-corrected chi connectivity index (χ2v) is 5.24. The van der Waals surface area contributed by atoms with Crippen molar-refractivity contribution in [3.63, 3.8) is 0 Å². The summed E-state index contributed by atoms with van der Waals surface area (Å²) < 4.78 is 2.47. The molecule has 0 atom stereocenters. The Morgan fingerprint density at radius 2 is 1.43 bits per heavy atom. The van der Waals surface area contributed by atoms with Gasteiger partial charge in [0.1, 0.15) is 0 Å². The van der Waals surface area contributed by atoms with Crippen LogP contribution in [0.2, 0.25) is 8.94 Å². The van der Waals surface area contributed by atoms with Crippen LogP contribution in [0.25, 0.3) is 0 Å². The Morgan fingerprint density at radius 3 is 1.71 bits per heavy atom. The second-order valence-electron chi connectivity index (χ2n) is 0.990. The van der Waals surface area contributed by atoms with Gasteiger partial charge in [-0.25, -0.2) is 0 Å². The summed E-state index contributed by atoms with van der Waals surface area (Å²) >= 11 is 11.1. The summed E-state index contributed by atoms with van der Waals surface area (Å²) in [5.41, 5.74) is 0. The normalized spacial score (nSPS) is 9.43. The molecular formula is C4H8Cl2Te. The van der Waals surface area contributed by atoms with Gasteiger partial charge < -0.3 is 0 Å². The summed E-state index contributed by atoms with van der Waals surface area (Å²) in [4.78, 5) is 0. The van der Waals surface area contributed by atoms with Gasteiger partial charge in [0.05, 0.1) is 0 Å². The fourth-order valence-electron chi connectivity index (χ4n) is 0.211. The van der Waals surface area contributed by atoms with Crippen molar-refractivity contribution >= 4 is 44.1 Å². The van der Waals surface area contributed by atoms with Crippen LogP contribution >= 0.6 is 23.2 Å². The first-order valence-electron chi connectivity index (χ1n) is 2.11. The molecule has 0 aliphatic carbocycles. The van der Waals surface area contributed by atoms with Crippen LogP contribution in [-0.4, -0.2) is 32.7 Å². The molecule has 0 aromatic rings. The van der Waals surface area contributed by atoms with Gasteiger partial charge in [0, 0.05) is 0 Å². The third-order valence-corrected chi connectivity index (χ3v) is 5.04. The van der Waals surface area contributed by atoms with Crippen molar-refractivity contribution in [2.45, 2.75) is 8.94 Å². The number of alkyl halides is 2. The van der Waals surface area contributed by atoms with E-state index in [4.69, 9.17) is 23.2 Å². The standard InChI is InChI=1S/C4H8Cl2Te/c5-1-3-7-4-2-6/h1-4H2. The van der Waals surface area contributed by atoms with E-state index in [0.29, 0.717) is 0 Å². The van der Waals surface area contributed by atoms with Gasteiger partial charge in [0.15, 0.2) is 0 Å². The summed E-state index contributed by atoms with van der Waals surface area (Å²) in [6.07, 6.45) is 0. The maximum atomic E-state index is 5.43. The van der Waals surface area contributed by atoms with Crippen LogP contribution in [-0.2, 0) is 0 Å². The Bertz CT molecular complexity index is 28.9. The number of hydrogen-bond donors (Lipinski definition) is 0. The molecule has 0 saturated heterocycles. The fraction of sp³-hybridized carbons (Fsp3) is 1.00. The van der Waals surface area contributed by atoms with Gasteiger partial charge in [-0.2, -0.15) is 0 Å². The van der Waals surface area contributed by atoms with Crippen LogP contribution in [0.1, 0.15) is 0 Å². The minimum absolute atomic E-state index is 0.213. The Morgan fingerprint density at radius 1 is 1.00 bits per heavy atom. The predicted octanol–water partition coefficient (Wildman–Crippen LogP) is 2.00. The van der Waals surface area contributed by atoms with Gasteiger partial charge >= 0.3 is 64.8 Å².